The fourth-order valence-electron chi connectivity index (χ4n) is 2.68. The number of amides is 2. The number of ether oxygens (including phenoxy) is 1. The molecule has 162 valence electrons. The van der Waals surface area contributed by atoms with Gasteiger partial charge in [-0.05, 0) is 55.0 Å². The second kappa shape index (κ2) is 10.5. The first-order valence-corrected chi connectivity index (χ1v) is 9.58. The van der Waals surface area contributed by atoms with Crippen LogP contribution in [0.3, 0.4) is 0 Å². The number of nitrogens with zero attached hydrogens (tertiary/aromatic N) is 2. The summed E-state index contributed by atoms with van der Waals surface area (Å²) in [4.78, 5) is 34.5. The summed E-state index contributed by atoms with van der Waals surface area (Å²) in [5, 5.41) is 17.6. The van der Waals surface area contributed by atoms with Gasteiger partial charge in [-0.15, -0.1) is 0 Å². The maximum Gasteiger partial charge on any atom is 0.282 e. The van der Waals surface area contributed by atoms with Gasteiger partial charge in [0.1, 0.15) is 11.3 Å². The largest absolute Gasteiger partial charge is 0.484 e. The third-order valence-electron chi connectivity index (χ3n) is 4.31. The van der Waals surface area contributed by atoms with Crippen LogP contribution in [0.2, 0.25) is 0 Å². The Bertz CT molecular complexity index is 1140. The van der Waals surface area contributed by atoms with E-state index in [1.807, 2.05) is 31.2 Å². The number of nitrogens with one attached hydrogen (secondary N) is 2. The van der Waals surface area contributed by atoms with Gasteiger partial charge in [-0.2, -0.15) is 5.10 Å². The summed E-state index contributed by atoms with van der Waals surface area (Å²) >= 11 is 0. The number of carbonyl (C=O) groups is 2. The highest BCUT2D eigenvalue weighted by molar-refractivity contribution is 5.98. The first-order chi connectivity index (χ1) is 15.4. The van der Waals surface area contributed by atoms with E-state index in [4.69, 9.17) is 4.74 Å². The molecule has 9 heteroatoms. The molecule has 0 bridgehead atoms. The lowest BCUT2D eigenvalue weighted by molar-refractivity contribution is -0.385. The molecular formula is C23H20N4O5. The zero-order valence-electron chi connectivity index (χ0n) is 17.1. The van der Waals surface area contributed by atoms with Gasteiger partial charge in [0, 0.05) is 11.8 Å². The summed E-state index contributed by atoms with van der Waals surface area (Å²) in [6, 6.07) is 19.7. The van der Waals surface area contributed by atoms with Crippen LogP contribution in [0.4, 0.5) is 11.4 Å². The molecule has 2 amide bonds. The molecule has 32 heavy (non-hydrogen) atoms. The minimum Gasteiger partial charge on any atom is -0.484 e. The van der Waals surface area contributed by atoms with Gasteiger partial charge in [0.25, 0.3) is 17.5 Å². The molecule has 0 aliphatic rings. The first kappa shape index (κ1) is 22.2. The highest BCUT2D eigenvalue weighted by Gasteiger charge is 2.18. The number of nitro benzene ring substituents is 1. The average Bonchev–Trinajstić information content (AvgIpc) is 2.80. The third kappa shape index (κ3) is 6.23. The number of aryl methyl sites for hydroxylation is 1. The maximum atomic E-state index is 12.1. The summed E-state index contributed by atoms with van der Waals surface area (Å²) in [5.74, 6) is -0.476. The number of hydrazone groups is 1. The highest BCUT2D eigenvalue weighted by Crippen LogP contribution is 2.17. The van der Waals surface area contributed by atoms with Crippen molar-refractivity contribution in [2.24, 2.45) is 5.10 Å². The van der Waals surface area contributed by atoms with Crippen LogP contribution < -0.4 is 15.5 Å². The Morgan fingerprint density at radius 3 is 2.41 bits per heavy atom. The smallest absolute Gasteiger partial charge is 0.282 e. The van der Waals surface area contributed by atoms with E-state index < -0.39 is 10.8 Å². The monoisotopic (exact) mass is 432 g/mol. The van der Waals surface area contributed by atoms with Crippen molar-refractivity contribution >= 4 is 29.4 Å². The molecule has 2 N–H and O–H groups in total. The molecule has 0 radical (unpaired) electrons. The standard InChI is InChI=1S/C23H20N4O5/c1-16-6-10-18(11-7-16)25-22(28)15-32-19-12-8-17(9-13-19)14-24-26-23(29)20-4-2-3-5-21(20)27(30)31/h2-14H,15H2,1H3,(H,25,28)(H,26,29)/b24-14-. The van der Waals surface area contributed by atoms with Crippen LogP contribution in [0.5, 0.6) is 5.75 Å². The third-order valence-corrected chi connectivity index (χ3v) is 4.31. The van der Waals surface area contributed by atoms with Crippen molar-refractivity contribution in [2.45, 2.75) is 6.92 Å². The fourth-order valence-corrected chi connectivity index (χ4v) is 2.68. The zero-order chi connectivity index (χ0) is 22.9. The van der Waals surface area contributed by atoms with E-state index in [0.29, 0.717) is 17.0 Å². The van der Waals surface area contributed by atoms with Crippen LogP contribution in [-0.2, 0) is 4.79 Å². The lowest BCUT2D eigenvalue weighted by Crippen LogP contribution is -2.20. The predicted octanol–water partition coefficient (Wildman–Crippen LogP) is 3.68. The van der Waals surface area contributed by atoms with Gasteiger partial charge < -0.3 is 10.1 Å². The predicted molar refractivity (Wildman–Crippen MR) is 120 cm³/mol. The molecule has 3 aromatic carbocycles. The summed E-state index contributed by atoms with van der Waals surface area (Å²) in [6.45, 7) is 1.82. The van der Waals surface area contributed by atoms with Crippen molar-refractivity contribution < 1.29 is 19.2 Å². The topological polar surface area (TPSA) is 123 Å². The van der Waals surface area contributed by atoms with Crippen molar-refractivity contribution in [3.05, 3.63) is 99.6 Å². The van der Waals surface area contributed by atoms with Gasteiger partial charge in [-0.1, -0.05) is 29.8 Å². The Morgan fingerprint density at radius 2 is 1.72 bits per heavy atom. The molecular weight excluding hydrogens is 412 g/mol. The Balaban J connectivity index is 1.49. The molecule has 0 atom stereocenters. The van der Waals surface area contributed by atoms with Crippen LogP contribution in [0.25, 0.3) is 0 Å². The maximum absolute atomic E-state index is 12.1. The number of benzene rings is 3. The van der Waals surface area contributed by atoms with Crippen LogP contribution >= 0.6 is 0 Å². The molecule has 0 fully saturated rings. The van der Waals surface area contributed by atoms with Crippen LogP contribution in [-0.4, -0.2) is 29.6 Å². The Hall–Kier alpha value is -4.53. The van der Waals surface area contributed by atoms with Crippen LogP contribution in [0.1, 0.15) is 21.5 Å². The van der Waals surface area contributed by atoms with E-state index in [1.54, 1.807) is 24.3 Å². The number of nitro groups is 1. The molecule has 3 rings (SSSR count). The number of para-hydroxylation sites is 1. The minimum absolute atomic E-state index is 0.0812. The highest BCUT2D eigenvalue weighted by atomic mass is 16.6. The van der Waals surface area contributed by atoms with Gasteiger partial charge in [0.2, 0.25) is 0 Å². The van der Waals surface area contributed by atoms with Crippen LogP contribution in [0.15, 0.2) is 77.9 Å². The Kier molecular flexibility index (Phi) is 7.26. The Labute approximate surface area is 183 Å². The molecule has 0 saturated carbocycles. The number of hydrogen-bond acceptors (Lipinski definition) is 6. The summed E-state index contributed by atoms with van der Waals surface area (Å²) < 4.78 is 5.46. The van der Waals surface area contributed by atoms with Crippen molar-refractivity contribution in [1.29, 1.82) is 0 Å². The molecule has 0 aromatic heterocycles. The minimum atomic E-state index is -0.687. The van der Waals surface area contributed by atoms with Gasteiger partial charge in [-0.25, -0.2) is 5.43 Å². The molecule has 3 aromatic rings. The van der Waals surface area contributed by atoms with Gasteiger partial charge in [0.05, 0.1) is 11.1 Å². The summed E-state index contributed by atoms with van der Waals surface area (Å²) in [7, 11) is 0. The lowest BCUT2D eigenvalue weighted by atomic mass is 10.2. The average molecular weight is 432 g/mol. The SMILES string of the molecule is Cc1ccc(NC(=O)COc2ccc(/C=N\NC(=O)c3ccccc3[N+](=O)[O-])cc2)cc1. The van der Waals surface area contributed by atoms with E-state index in [2.05, 4.69) is 15.8 Å². The first-order valence-electron chi connectivity index (χ1n) is 9.58. The molecule has 0 spiro atoms. The van der Waals surface area contributed by atoms with Crippen LogP contribution in [0, 0.1) is 17.0 Å². The number of carbonyl (C=O) groups excluding carboxylic acids is 2. The second-order valence-electron chi connectivity index (χ2n) is 6.75. The molecule has 9 nitrogen and oxygen atoms in total. The Morgan fingerprint density at radius 1 is 1.03 bits per heavy atom. The molecule has 0 saturated heterocycles. The van der Waals surface area contributed by atoms with Crippen molar-refractivity contribution in [1.82, 2.24) is 5.43 Å². The van der Waals surface area contributed by atoms with Gasteiger partial charge >= 0.3 is 0 Å². The second-order valence-corrected chi connectivity index (χ2v) is 6.75. The lowest BCUT2D eigenvalue weighted by Gasteiger charge is -2.08. The molecule has 0 heterocycles. The number of anilines is 1. The van der Waals surface area contributed by atoms with Gasteiger partial charge in [-0.3, -0.25) is 19.7 Å². The van der Waals surface area contributed by atoms with E-state index in [0.717, 1.165) is 5.56 Å². The van der Waals surface area contributed by atoms with E-state index in [-0.39, 0.29) is 23.8 Å². The molecule has 0 aliphatic heterocycles. The van der Waals surface area contributed by atoms with Gasteiger partial charge in [0.15, 0.2) is 6.61 Å². The summed E-state index contributed by atoms with van der Waals surface area (Å²) in [6.07, 6.45) is 1.39. The van der Waals surface area contributed by atoms with Crippen molar-refractivity contribution in [2.75, 3.05) is 11.9 Å². The van der Waals surface area contributed by atoms with Crippen molar-refractivity contribution in [3.8, 4) is 5.75 Å². The number of hydrogen-bond donors (Lipinski definition) is 2. The quantitative estimate of drug-likeness (QED) is 0.319. The van der Waals surface area contributed by atoms with Crippen molar-refractivity contribution in [3.63, 3.8) is 0 Å². The van der Waals surface area contributed by atoms with E-state index >= 15 is 0 Å². The fraction of sp³-hybridized carbons (Fsp3) is 0.0870. The molecule has 0 aliphatic carbocycles. The number of rotatable bonds is 8. The van der Waals surface area contributed by atoms with E-state index in [9.17, 15) is 19.7 Å². The molecule has 0 unspecified atom stereocenters. The van der Waals surface area contributed by atoms with E-state index in [1.165, 1.54) is 30.5 Å². The summed E-state index contributed by atoms with van der Waals surface area (Å²) in [5.41, 5.74) is 4.34. The normalized spacial score (nSPS) is 10.5. The zero-order valence-corrected chi connectivity index (χ0v) is 17.1.